The zero-order valence-corrected chi connectivity index (χ0v) is 13.2. The maximum absolute atomic E-state index is 12.2. The van der Waals surface area contributed by atoms with Crippen molar-refractivity contribution in [1.29, 1.82) is 0 Å². The molecule has 0 radical (unpaired) electrons. The van der Waals surface area contributed by atoms with Crippen molar-refractivity contribution in [3.63, 3.8) is 0 Å². The molecule has 0 heterocycles. The molecular weight excluding hydrogens is 262 g/mol. The highest BCUT2D eigenvalue weighted by Gasteiger charge is 2.34. The molecule has 1 atom stereocenters. The maximum Gasteiger partial charge on any atom is 0.246 e. The Morgan fingerprint density at radius 3 is 2.76 bits per heavy atom. The van der Waals surface area contributed by atoms with E-state index in [4.69, 9.17) is 0 Å². The topological polar surface area (TPSA) is 49.3 Å². The van der Waals surface area contributed by atoms with Gasteiger partial charge in [0.2, 0.25) is 5.91 Å². The third-order valence-electron chi connectivity index (χ3n) is 4.61. The van der Waals surface area contributed by atoms with Gasteiger partial charge in [0.1, 0.15) is 5.60 Å². The number of hydrogen-bond acceptors (Lipinski definition) is 2. The molecule has 0 fully saturated rings. The van der Waals surface area contributed by atoms with Crippen LogP contribution in [0.5, 0.6) is 0 Å². The molecular formula is C18H25NO2. The highest BCUT2D eigenvalue weighted by molar-refractivity contribution is 5.93. The van der Waals surface area contributed by atoms with Gasteiger partial charge in [-0.3, -0.25) is 4.79 Å². The molecule has 0 bridgehead atoms. The summed E-state index contributed by atoms with van der Waals surface area (Å²) in [5, 5.41) is 13.8. The molecule has 1 aliphatic rings. The van der Waals surface area contributed by atoms with Crippen LogP contribution in [0.15, 0.2) is 35.4 Å². The van der Waals surface area contributed by atoms with Crippen molar-refractivity contribution in [2.75, 3.05) is 6.54 Å². The predicted octanol–water partition coefficient (Wildman–Crippen LogP) is 3.07. The number of carbonyl (C=O) groups excluding carboxylic acids is 1. The van der Waals surface area contributed by atoms with Crippen LogP contribution in [0.25, 0.3) is 0 Å². The van der Waals surface area contributed by atoms with Gasteiger partial charge in [0, 0.05) is 5.57 Å². The second kappa shape index (κ2) is 6.44. The lowest BCUT2D eigenvalue weighted by Crippen LogP contribution is -2.43. The molecule has 21 heavy (non-hydrogen) atoms. The van der Waals surface area contributed by atoms with Crippen molar-refractivity contribution in [3.8, 4) is 0 Å². The quantitative estimate of drug-likeness (QED) is 0.836. The maximum atomic E-state index is 12.2. The SMILES string of the molecule is CC/C(C)=C(/C)C(=O)NCC1(O)CCCc2ccccc21. The van der Waals surface area contributed by atoms with E-state index in [1.54, 1.807) is 0 Å². The van der Waals surface area contributed by atoms with E-state index in [0.717, 1.165) is 36.0 Å². The molecule has 114 valence electrons. The molecule has 2 N–H and O–H groups in total. The molecule has 2 rings (SSSR count). The number of aliphatic hydroxyl groups is 1. The fourth-order valence-electron chi connectivity index (χ4n) is 2.90. The van der Waals surface area contributed by atoms with Gasteiger partial charge in [-0.05, 0) is 50.7 Å². The normalized spacial score (nSPS) is 22.3. The second-order valence-electron chi connectivity index (χ2n) is 5.98. The number of allylic oxidation sites excluding steroid dienone is 1. The van der Waals surface area contributed by atoms with Crippen molar-refractivity contribution >= 4 is 5.91 Å². The van der Waals surface area contributed by atoms with Crippen LogP contribution in [0.1, 0.15) is 51.2 Å². The summed E-state index contributed by atoms with van der Waals surface area (Å²) in [4.78, 5) is 12.2. The smallest absolute Gasteiger partial charge is 0.246 e. The number of rotatable bonds is 4. The molecule has 0 aliphatic heterocycles. The fraction of sp³-hybridized carbons (Fsp3) is 0.500. The van der Waals surface area contributed by atoms with E-state index in [1.165, 1.54) is 5.56 Å². The van der Waals surface area contributed by atoms with Gasteiger partial charge in [0.05, 0.1) is 6.54 Å². The number of benzene rings is 1. The lowest BCUT2D eigenvalue weighted by atomic mass is 9.79. The zero-order chi connectivity index (χ0) is 15.5. The number of carbonyl (C=O) groups is 1. The molecule has 1 unspecified atom stereocenters. The first kappa shape index (κ1) is 15.8. The third-order valence-corrected chi connectivity index (χ3v) is 4.61. The van der Waals surface area contributed by atoms with Crippen LogP contribution < -0.4 is 5.32 Å². The van der Waals surface area contributed by atoms with E-state index in [9.17, 15) is 9.90 Å². The first-order valence-electron chi connectivity index (χ1n) is 7.73. The number of fused-ring (bicyclic) bond motifs is 1. The first-order valence-corrected chi connectivity index (χ1v) is 7.73. The summed E-state index contributed by atoms with van der Waals surface area (Å²) in [6, 6.07) is 7.98. The van der Waals surface area contributed by atoms with Crippen LogP contribution in [0.3, 0.4) is 0 Å². The minimum atomic E-state index is -0.940. The molecule has 3 heteroatoms. The Hall–Kier alpha value is -1.61. The summed E-state index contributed by atoms with van der Waals surface area (Å²) in [7, 11) is 0. The molecule has 0 saturated carbocycles. The molecule has 1 aliphatic carbocycles. The van der Waals surface area contributed by atoms with Crippen LogP contribution in [0.2, 0.25) is 0 Å². The Bertz CT molecular complexity index is 562. The largest absolute Gasteiger partial charge is 0.383 e. The summed E-state index contributed by atoms with van der Waals surface area (Å²) in [6.07, 6.45) is 3.51. The molecule has 1 aromatic carbocycles. The summed E-state index contributed by atoms with van der Waals surface area (Å²) in [6.45, 7) is 6.13. The molecule has 3 nitrogen and oxygen atoms in total. The second-order valence-corrected chi connectivity index (χ2v) is 5.98. The van der Waals surface area contributed by atoms with E-state index in [0.29, 0.717) is 6.42 Å². The Kier molecular flexibility index (Phi) is 4.84. The van der Waals surface area contributed by atoms with Gasteiger partial charge >= 0.3 is 0 Å². The summed E-state index contributed by atoms with van der Waals surface area (Å²) >= 11 is 0. The van der Waals surface area contributed by atoms with Gasteiger partial charge < -0.3 is 10.4 Å². The predicted molar refractivity (Wildman–Crippen MR) is 85.0 cm³/mol. The zero-order valence-electron chi connectivity index (χ0n) is 13.2. The van der Waals surface area contributed by atoms with Gasteiger partial charge in [-0.1, -0.05) is 36.8 Å². The van der Waals surface area contributed by atoms with Gasteiger partial charge in [-0.15, -0.1) is 0 Å². The first-order chi connectivity index (χ1) is 9.98. The van der Waals surface area contributed by atoms with E-state index in [1.807, 2.05) is 39.0 Å². The molecule has 1 aromatic rings. The van der Waals surface area contributed by atoms with E-state index < -0.39 is 5.60 Å². The van der Waals surface area contributed by atoms with Gasteiger partial charge in [-0.25, -0.2) is 0 Å². The average molecular weight is 287 g/mol. The van der Waals surface area contributed by atoms with Crippen LogP contribution in [0, 0.1) is 0 Å². The average Bonchev–Trinajstić information content (AvgIpc) is 2.51. The molecule has 0 aromatic heterocycles. The van der Waals surface area contributed by atoms with Crippen LogP contribution in [-0.2, 0) is 16.8 Å². The standard InChI is InChI=1S/C18H25NO2/c1-4-13(2)14(3)17(20)19-12-18(21)11-7-9-15-8-5-6-10-16(15)18/h5-6,8,10,21H,4,7,9,11-12H2,1-3H3,(H,19,20)/b14-13-. The Morgan fingerprint density at radius 2 is 2.05 bits per heavy atom. The van der Waals surface area contributed by atoms with E-state index in [-0.39, 0.29) is 12.5 Å². The lowest BCUT2D eigenvalue weighted by molar-refractivity contribution is -0.119. The van der Waals surface area contributed by atoms with Crippen molar-refractivity contribution in [2.45, 2.75) is 52.1 Å². The van der Waals surface area contributed by atoms with Gasteiger partial charge in [0.15, 0.2) is 0 Å². The number of nitrogens with one attached hydrogen (secondary N) is 1. The van der Waals surface area contributed by atoms with Crippen molar-refractivity contribution in [2.24, 2.45) is 0 Å². The minimum Gasteiger partial charge on any atom is -0.383 e. The third kappa shape index (κ3) is 3.35. The van der Waals surface area contributed by atoms with Gasteiger partial charge in [0.25, 0.3) is 0 Å². The fourth-order valence-corrected chi connectivity index (χ4v) is 2.90. The number of amides is 1. The monoisotopic (exact) mass is 287 g/mol. The number of hydrogen-bond donors (Lipinski definition) is 2. The number of aryl methyl sites for hydroxylation is 1. The summed E-state index contributed by atoms with van der Waals surface area (Å²) < 4.78 is 0. The Morgan fingerprint density at radius 1 is 1.33 bits per heavy atom. The minimum absolute atomic E-state index is 0.0779. The van der Waals surface area contributed by atoms with Crippen molar-refractivity contribution in [3.05, 3.63) is 46.5 Å². The summed E-state index contributed by atoms with van der Waals surface area (Å²) in [5.74, 6) is -0.0779. The lowest BCUT2D eigenvalue weighted by Gasteiger charge is -2.34. The highest BCUT2D eigenvalue weighted by Crippen LogP contribution is 2.34. The molecule has 0 spiro atoms. The van der Waals surface area contributed by atoms with Crippen LogP contribution in [-0.4, -0.2) is 17.6 Å². The van der Waals surface area contributed by atoms with E-state index >= 15 is 0 Å². The van der Waals surface area contributed by atoms with Crippen LogP contribution in [0.4, 0.5) is 0 Å². The Balaban J connectivity index is 2.12. The van der Waals surface area contributed by atoms with Crippen molar-refractivity contribution in [1.82, 2.24) is 5.32 Å². The van der Waals surface area contributed by atoms with Crippen molar-refractivity contribution < 1.29 is 9.90 Å². The molecule has 1 amide bonds. The highest BCUT2D eigenvalue weighted by atomic mass is 16.3. The van der Waals surface area contributed by atoms with E-state index in [2.05, 4.69) is 11.4 Å². The van der Waals surface area contributed by atoms with Gasteiger partial charge in [-0.2, -0.15) is 0 Å². The molecule has 0 saturated heterocycles. The van der Waals surface area contributed by atoms with Crippen LogP contribution >= 0.6 is 0 Å². The summed E-state index contributed by atoms with van der Waals surface area (Å²) in [5.41, 5.74) is 3.06. The Labute approximate surface area is 127 Å².